The van der Waals surface area contributed by atoms with Gasteiger partial charge in [0.05, 0.1) is 11.6 Å². The van der Waals surface area contributed by atoms with Gasteiger partial charge in [-0.1, -0.05) is 33.2 Å². The topological polar surface area (TPSA) is 32.6 Å². The Hall–Kier alpha value is -0.540. The van der Waals surface area contributed by atoms with Crippen LogP contribution in [0.25, 0.3) is 0 Å². The summed E-state index contributed by atoms with van der Waals surface area (Å²) >= 11 is 8.89. The fraction of sp³-hybridized carbons (Fsp3) is 0.222. The van der Waals surface area contributed by atoms with Crippen LogP contribution in [0.4, 0.5) is 0 Å². The standard InChI is InChI=1S/C9H9BrClNO/c10-8-3-1-7(2-4-8)5-9(6-11)12-13/h1-4,13H,5-6H2. The van der Waals surface area contributed by atoms with E-state index in [9.17, 15) is 0 Å². The van der Waals surface area contributed by atoms with Gasteiger partial charge in [0.2, 0.25) is 0 Å². The van der Waals surface area contributed by atoms with Crippen molar-refractivity contribution >= 4 is 33.2 Å². The van der Waals surface area contributed by atoms with E-state index >= 15 is 0 Å². The molecule has 0 radical (unpaired) electrons. The van der Waals surface area contributed by atoms with Crippen molar-refractivity contribution in [3.05, 3.63) is 34.3 Å². The van der Waals surface area contributed by atoms with Gasteiger partial charge < -0.3 is 5.21 Å². The average molecular weight is 263 g/mol. The monoisotopic (exact) mass is 261 g/mol. The van der Waals surface area contributed by atoms with Gasteiger partial charge in [0, 0.05) is 10.9 Å². The Morgan fingerprint density at radius 1 is 1.38 bits per heavy atom. The molecule has 0 saturated heterocycles. The van der Waals surface area contributed by atoms with Crippen LogP contribution in [0.5, 0.6) is 0 Å². The van der Waals surface area contributed by atoms with E-state index in [0.29, 0.717) is 12.1 Å². The molecule has 0 amide bonds. The van der Waals surface area contributed by atoms with Crippen LogP contribution in [0.2, 0.25) is 0 Å². The van der Waals surface area contributed by atoms with Gasteiger partial charge in [0.15, 0.2) is 0 Å². The van der Waals surface area contributed by atoms with Crippen molar-refractivity contribution < 1.29 is 5.21 Å². The van der Waals surface area contributed by atoms with Crippen LogP contribution in [0.3, 0.4) is 0 Å². The van der Waals surface area contributed by atoms with Gasteiger partial charge in [-0.05, 0) is 17.7 Å². The molecule has 0 heterocycles. The number of hydrogen-bond acceptors (Lipinski definition) is 2. The third kappa shape index (κ3) is 3.36. The molecule has 0 aliphatic rings. The number of benzene rings is 1. The van der Waals surface area contributed by atoms with Gasteiger partial charge in [0.1, 0.15) is 0 Å². The fourth-order valence-electron chi connectivity index (χ4n) is 0.947. The predicted octanol–water partition coefficient (Wildman–Crippen LogP) is 3.06. The summed E-state index contributed by atoms with van der Waals surface area (Å²) in [6.45, 7) is 0. The maximum Gasteiger partial charge on any atom is 0.0761 e. The fourth-order valence-corrected chi connectivity index (χ4v) is 1.36. The zero-order valence-electron chi connectivity index (χ0n) is 6.87. The molecule has 0 spiro atoms. The molecular formula is C9H9BrClNO. The summed E-state index contributed by atoms with van der Waals surface area (Å²) in [5.74, 6) is 0.257. The molecule has 70 valence electrons. The van der Waals surface area contributed by atoms with Gasteiger partial charge in [-0.3, -0.25) is 0 Å². The maximum absolute atomic E-state index is 8.54. The van der Waals surface area contributed by atoms with Gasteiger partial charge in [-0.15, -0.1) is 11.6 Å². The first-order chi connectivity index (χ1) is 6.26. The number of oxime groups is 1. The summed E-state index contributed by atoms with van der Waals surface area (Å²) in [4.78, 5) is 0. The highest BCUT2D eigenvalue weighted by atomic mass is 79.9. The minimum Gasteiger partial charge on any atom is -0.411 e. The van der Waals surface area contributed by atoms with Crippen LogP contribution in [0.1, 0.15) is 5.56 Å². The van der Waals surface area contributed by atoms with E-state index in [2.05, 4.69) is 21.1 Å². The first-order valence-corrected chi connectivity index (χ1v) is 5.09. The Morgan fingerprint density at radius 2 is 2.00 bits per heavy atom. The third-order valence-electron chi connectivity index (χ3n) is 1.62. The maximum atomic E-state index is 8.54. The molecule has 0 saturated carbocycles. The van der Waals surface area contributed by atoms with E-state index in [1.165, 1.54) is 0 Å². The summed E-state index contributed by atoms with van der Waals surface area (Å²) in [6, 6.07) is 7.81. The highest BCUT2D eigenvalue weighted by molar-refractivity contribution is 9.10. The van der Waals surface area contributed by atoms with E-state index in [-0.39, 0.29) is 5.88 Å². The number of nitrogens with zero attached hydrogens (tertiary/aromatic N) is 1. The number of alkyl halides is 1. The molecule has 0 aliphatic heterocycles. The Balaban J connectivity index is 2.69. The van der Waals surface area contributed by atoms with E-state index in [0.717, 1.165) is 10.0 Å². The van der Waals surface area contributed by atoms with Gasteiger partial charge in [0.25, 0.3) is 0 Å². The van der Waals surface area contributed by atoms with Crippen LogP contribution in [0.15, 0.2) is 33.9 Å². The first kappa shape index (κ1) is 10.5. The average Bonchev–Trinajstić information content (AvgIpc) is 2.17. The normalized spacial score (nSPS) is 11.7. The highest BCUT2D eigenvalue weighted by Gasteiger charge is 2.00. The number of halogens is 2. The smallest absolute Gasteiger partial charge is 0.0761 e. The lowest BCUT2D eigenvalue weighted by Gasteiger charge is -2.00. The van der Waals surface area contributed by atoms with Crippen LogP contribution < -0.4 is 0 Å². The third-order valence-corrected chi connectivity index (χ3v) is 2.45. The summed E-state index contributed by atoms with van der Waals surface area (Å²) in [5, 5.41) is 11.6. The molecule has 2 nitrogen and oxygen atoms in total. The molecule has 1 aromatic carbocycles. The molecule has 4 heteroatoms. The number of rotatable bonds is 3. The predicted molar refractivity (Wildman–Crippen MR) is 57.8 cm³/mol. The second-order valence-electron chi connectivity index (χ2n) is 2.60. The molecule has 0 atom stereocenters. The Bertz CT molecular complexity index is 297. The van der Waals surface area contributed by atoms with Crippen molar-refractivity contribution in [2.45, 2.75) is 6.42 Å². The van der Waals surface area contributed by atoms with Crippen molar-refractivity contribution in [2.75, 3.05) is 5.88 Å². The highest BCUT2D eigenvalue weighted by Crippen LogP contribution is 2.11. The van der Waals surface area contributed by atoms with Crippen LogP contribution in [-0.4, -0.2) is 16.8 Å². The largest absolute Gasteiger partial charge is 0.411 e. The van der Waals surface area contributed by atoms with Crippen molar-refractivity contribution in [3.8, 4) is 0 Å². The van der Waals surface area contributed by atoms with Crippen LogP contribution in [0, 0.1) is 0 Å². The lowest BCUT2D eigenvalue weighted by atomic mass is 10.1. The second-order valence-corrected chi connectivity index (χ2v) is 3.79. The minimum absolute atomic E-state index is 0.257. The Labute approximate surface area is 90.3 Å². The summed E-state index contributed by atoms with van der Waals surface area (Å²) in [5.41, 5.74) is 1.65. The van der Waals surface area contributed by atoms with E-state index in [1.54, 1.807) is 0 Å². The van der Waals surface area contributed by atoms with Crippen LogP contribution >= 0.6 is 27.5 Å². The Kier molecular flexibility index (Phi) is 4.25. The van der Waals surface area contributed by atoms with E-state index < -0.39 is 0 Å². The molecule has 1 rings (SSSR count). The summed E-state index contributed by atoms with van der Waals surface area (Å²) in [6.07, 6.45) is 0.591. The van der Waals surface area contributed by atoms with Gasteiger partial charge in [-0.2, -0.15) is 0 Å². The lowest BCUT2D eigenvalue weighted by Crippen LogP contribution is -2.04. The van der Waals surface area contributed by atoms with Gasteiger partial charge in [-0.25, -0.2) is 0 Å². The molecule has 0 bridgehead atoms. The van der Waals surface area contributed by atoms with Crippen molar-refractivity contribution in [2.24, 2.45) is 5.16 Å². The van der Waals surface area contributed by atoms with Crippen LogP contribution in [-0.2, 0) is 6.42 Å². The second kappa shape index (κ2) is 5.25. The number of hydrogen-bond donors (Lipinski definition) is 1. The van der Waals surface area contributed by atoms with Gasteiger partial charge >= 0.3 is 0 Å². The van der Waals surface area contributed by atoms with Crippen molar-refractivity contribution in [1.82, 2.24) is 0 Å². The quantitative estimate of drug-likeness (QED) is 0.386. The zero-order chi connectivity index (χ0) is 9.68. The van der Waals surface area contributed by atoms with Crippen molar-refractivity contribution in [1.29, 1.82) is 0 Å². The Morgan fingerprint density at radius 3 is 2.46 bits per heavy atom. The van der Waals surface area contributed by atoms with Crippen molar-refractivity contribution in [3.63, 3.8) is 0 Å². The SMILES string of the molecule is ON=C(CCl)Cc1ccc(Br)cc1. The molecule has 1 N–H and O–H groups in total. The molecule has 13 heavy (non-hydrogen) atoms. The molecule has 0 unspecified atom stereocenters. The summed E-state index contributed by atoms with van der Waals surface area (Å²) < 4.78 is 1.03. The van der Waals surface area contributed by atoms with E-state index in [1.807, 2.05) is 24.3 Å². The molecule has 1 aromatic rings. The van der Waals surface area contributed by atoms with E-state index in [4.69, 9.17) is 16.8 Å². The molecular weight excluding hydrogens is 253 g/mol. The lowest BCUT2D eigenvalue weighted by molar-refractivity contribution is 0.318. The minimum atomic E-state index is 0.257. The molecule has 0 aliphatic carbocycles. The summed E-state index contributed by atoms with van der Waals surface area (Å²) in [7, 11) is 0. The molecule has 0 aromatic heterocycles. The molecule has 0 fully saturated rings. The first-order valence-electron chi connectivity index (χ1n) is 3.76. The zero-order valence-corrected chi connectivity index (χ0v) is 9.22.